The summed E-state index contributed by atoms with van der Waals surface area (Å²) >= 11 is 6.14. The van der Waals surface area contributed by atoms with E-state index in [1.807, 2.05) is 45.0 Å². The number of nitrogens with zero attached hydrogens (tertiary/aromatic N) is 5. The van der Waals surface area contributed by atoms with Crippen molar-refractivity contribution >= 4 is 29.0 Å². The van der Waals surface area contributed by atoms with Crippen LogP contribution in [0, 0.1) is 20.8 Å². The standard InChI is InChI=1S/C21H19ClN6O/c1-12-6-7-16(9-18(12)22)25-19(29)10-17-13(2)24-21-26-20(27-28(21)14(17)3)15-5-4-8-23-11-15/h4-9,11H,10H2,1-3H3,(H,25,29). The molecule has 146 valence electrons. The molecular formula is C21H19ClN6O. The summed E-state index contributed by atoms with van der Waals surface area (Å²) in [6, 6.07) is 9.17. The summed E-state index contributed by atoms with van der Waals surface area (Å²) < 4.78 is 1.67. The maximum atomic E-state index is 12.6. The number of rotatable bonds is 4. The Kier molecular flexibility index (Phi) is 4.98. The van der Waals surface area contributed by atoms with Gasteiger partial charge in [0.25, 0.3) is 5.78 Å². The Hall–Kier alpha value is -3.32. The zero-order valence-corrected chi connectivity index (χ0v) is 17.0. The van der Waals surface area contributed by atoms with Gasteiger partial charge in [-0.25, -0.2) is 9.50 Å². The van der Waals surface area contributed by atoms with Gasteiger partial charge in [-0.05, 0) is 50.6 Å². The molecule has 7 nitrogen and oxygen atoms in total. The number of carbonyl (C=O) groups is 1. The van der Waals surface area contributed by atoms with Gasteiger partial charge in [0.15, 0.2) is 5.82 Å². The van der Waals surface area contributed by atoms with Gasteiger partial charge in [0.2, 0.25) is 5.91 Å². The highest BCUT2D eigenvalue weighted by molar-refractivity contribution is 6.31. The molecule has 8 heteroatoms. The minimum absolute atomic E-state index is 0.148. The molecule has 1 aromatic carbocycles. The lowest BCUT2D eigenvalue weighted by Crippen LogP contribution is -2.17. The number of carbonyl (C=O) groups excluding carboxylic acids is 1. The number of pyridine rings is 1. The van der Waals surface area contributed by atoms with Gasteiger partial charge in [0.1, 0.15) is 0 Å². The number of hydrogen-bond acceptors (Lipinski definition) is 5. The van der Waals surface area contributed by atoms with Crippen LogP contribution in [-0.2, 0) is 11.2 Å². The Morgan fingerprint density at radius 2 is 2.00 bits per heavy atom. The van der Waals surface area contributed by atoms with Gasteiger partial charge >= 0.3 is 0 Å². The first-order chi connectivity index (χ1) is 13.9. The third-order valence-corrected chi connectivity index (χ3v) is 5.17. The van der Waals surface area contributed by atoms with E-state index in [9.17, 15) is 4.79 Å². The van der Waals surface area contributed by atoms with E-state index >= 15 is 0 Å². The van der Waals surface area contributed by atoms with Crippen LogP contribution in [0.5, 0.6) is 0 Å². The number of fused-ring (bicyclic) bond motifs is 1. The summed E-state index contributed by atoms with van der Waals surface area (Å²) in [7, 11) is 0. The largest absolute Gasteiger partial charge is 0.326 e. The van der Waals surface area contributed by atoms with Crippen molar-refractivity contribution in [3.05, 3.63) is 70.3 Å². The molecule has 0 aliphatic rings. The Bertz CT molecular complexity index is 1220. The van der Waals surface area contributed by atoms with Crippen LogP contribution < -0.4 is 5.32 Å². The fraction of sp³-hybridized carbons (Fsp3) is 0.190. The summed E-state index contributed by atoms with van der Waals surface area (Å²) in [6.07, 6.45) is 3.58. The lowest BCUT2D eigenvalue weighted by Gasteiger charge is -2.11. The Balaban J connectivity index is 1.63. The van der Waals surface area contributed by atoms with Gasteiger partial charge < -0.3 is 5.32 Å². The highest BCUT2D eigenvalue weighted by Gasteiger charge is 2.17. The molecule has 0 spiro atoms. The quantitative estimate of drug-likeness (QED) is 0.554. The second kappa shape index (κ2) is 7.60. The number of benzene rings is 1. The van der Waals surface area contributed by atoms with Crippen molar-refractivity contribution in [1.82, 2.24) is 24.6 Å². The first-order valence-corrected chi connectivity index (χ1v) is 9.49. The molecule has 1 N–H and O–H groups in total. The highest BCUT2D eigenvalue weighted by Crippen LogP contribution is 2.22. The van der Waals surface area contributed by atoms with Gasteiger partial charge in [-0.1, -0.05) is 17.7 Å². The number of amides is 1. The van der Waals surface area contributed by atoms with Gasteiger partial charge in [0, 0.05) is 45.6 Å². The van der Waals surface area contributed by atoms with Crippen LogP contribution >= 0.6 is 11.6 Å². The van der Waals surface area contributed by atoms with E-state index < -0.39 is 0 Å². The zero-order chi connectivity index (χ0) is 20.5. The predicted molar refractivity (Wildman–Crippen MR) is 112 cm³/mol. The summed E-state index contributed by atoms with van der Waals surface area (Å²) in [5.41, 5.74) is 4.82. The molecule has 29 heavy (non-hydrogen) atoms. The number of nitrogens with one attached hydrogen (secondary N) is 1. The smallest absolute Gasteiger partial charge is 0.253 e. The van der Waals surface area contributed by atoms with Crippen LogP contribution in [0.2, 0.25) is 5.02 Å². The zero-order valence-electron chi connectivity index (χ0n) is 16.3. The first kappa shape index (κ1) is 19.0. The van der Waals surface area contributed by atoms with E-state index in [1.54, 1.807) is 23.0 Å². The predicted octanol–water partition coefficient (Wildman–Crippen LogP) is 3.95. The molecule has 0 saturated carbocycles. The van der Waals surface area contributed by atoms with Gasteiger partial charge in [-0.15, -0.1) is 5.10 Å². The Morgan fingerprint density at radius 1 is 1.17 bits per heavy atom. The number of hydrogen-bond donors (Lipinski definition) is 1. The third-order valence-electron chi connectivity index (χ3n) is 4.76. The number of aromatic nitrogens is 5. The molecule has 0 bridgehead atoms. The Morgan fingerprint density at radius 3 is 2.72 bits per heavy atom. The number of halogens is 1. The molecule has 0 aliphatic carbocycles. The summed E-state index contributed by atoms with van der Waals surface area (Å²) in [4.78, 5) is 25.7. The molecule has 3 heterocycles. The van der Waals surface area contributed by atoms with E-state index in [2.05, 4.69) is 25.4 Å². The van der Waals surface area contributed by atoms with E-state index in [-0.39, 0.29) is 12.3 Å². The third kappa shape index (κ3) is 3.82. The lowest BCUT2D eigenvalue weighted by molar-refractivity contribution is -0.115. The number of aryl methyl sites for hydroxylation is 3. The van der Waals surface area contributed by atoms with Crippen molar-refractivity contribution in [3.8, 4) is 11.4 Å². The highest BCUT2D eigenvalue weighted by atomic mass is 35.5. The van der Waals surface area contributed by atoms with Gasteiger partial charge in [0.05, 0.1) is 6.42 Å². The second-order valence-electron chi connectivity index (χ2n) is 6.84. The molecule has 4 aromatic rings. The first-order valence-electron chi connectivity index (χ1n) is 9.11. The van der Waals surface area contributed by atoms with Gasteiger partial charge in [-0.3, -0.25) is 9.78 Å². The topological polar surface area (TPSA) is 85.1 Å². The molecular weight excluding hydrogens is 388 g/mol. The molecule has 0 aliphatic heterocycles. The fourth-order valence-electron chi connectivity index (χ4n) is 3.12. The molecule has 4 rings (SSSR count). The van der Waals surface area contributed by atoms with E-state index in [4.69, 9.17) is 11.6 Å². The fourth-order valence-corrected chi connectivity index (χ4v) is 3.30. The average molecular weight is 407 g/mol. The molecule has 0 saturated heterocycles. The van der Waals surface area contributed by atoms with E-state index in [0.717, 1.165) is 28.1 Å². The van der Waals surface area contributed by atoms with Crippen LogP contribution in [0.15, 0.2) is 42.7 Å². The van der Waals surface area contributed by atoms with Crippen molar-refractivity contribution in [2.75, 3.05) is 5.32 Å². The van der Waals surface area contributed by atoms with Gasteiger partial charge in [-0.2, -0.15) is 4.98 Å². The Labute approximate surface area is 172 Å². The molecule has 0 radical (unpaired) electrons. The average Bonchev–Trinajstić information content (AvgIpc) is 3.13. The summed E-state index contributed by atoms with van der Waals surface area (Å²) in [6.45, 7) is 5.70. The lowest BCUT2D eigenvalue weighted by atomic mass is 10.1. The summed E-state index contributed by atoms with van der Waals surface area (Å²) in [5, 5.41) is 8.05. The molecule has 0 atom stereocenters. The minimum atomic E-state index is -0.148. The molecule has 0 fully saturated rings. The van der Waals surface area contributed by atoms with Crippen molar-refractivity contribution in [2.24, 2.45) is 0 Å². The van der Waals surface area contributed by atoms with Crippen LogP contribution in [-0.4, -0.2) is 30.5 Å². The van der Waals surface area contributed by atoms with Crippen LogP contribution in [0.4, 0.5) is 5.69 Å². The van der Waals surface area contributed by atoms with Crippen molar-refractivity contribution in [1.29, 1.82) is 0 Å². The van der Waals surface area contributed by atoms with E-state index in [0.29, 0.717) is 22.3 Å². The SMILES string of the molecule is Cc1ccc(NC(=O)Cc2c(C)nc3nc(-c4cccnc4)nn3c2C)cc1Cl. The van der Waals surface area contributed by atoms with Crippen molar-refractivity contribution in [3.63, 3.8) is 0 Å². The van der Waals surface area contributed by atoms with Crippen LogP contribution in [0.1, 0.15) is 22.5 Å². The molecule has 0 unspecified atom stereocenters. The van der Waals surface area contributed by atoms with Crippen LogP contribution in [0.25, 0.3) is 17.2 Å². The number of anilines is 1. The second-order valence-corrected chi connectivity index (χ2v) is 7.25. The molecule has 3 aromatic heterocycles. The normalized spacial score (nSPS) is 11.0. The van der Waals surface area contributed by atoms with Crippen molar-refractivity contribution < 1.29 is 4.79 Å². The van der Waals surface area contributed by atoms with Crippen molar-refractivity contribution in [2.45, 2.75) is 27.2 Å². The maximum absolute atomic E-state index is 12.6. The summed E-state index contributed by atoms with van der Waals surface area (Å²) in [5.74, 6) is 0.891. The molecule has 1 amide bonds. The van der Waals surface area contributed by atoms with E-state index in [1.165, 1.54) is 0 Å². The maximum Gasteiger partial charge on any atom is 0.253 e. The minimum Gasteiger partial charge on any atom is -0.326 e. The van der Waals surface area contributed by atoms with Crippen LogP contribution in [0.3, 0.4) is 0 Å². The monoisotopic (exact) mass is 406 g/mol.